The van der Waals surface area contributed by atoms with E-state index in [2.05, 4.69) is 17.2 Å². The molecule has 0 aliphatic heterocycles. The van der Waals surface area contributed by atoms with Crippen molar-refractivity contribution in [2.45, 2.75) is 13.5 Å². The Hall–Kier alpha value is -1.61. The summed E-state index contributed by atoms with van der Waals surface area (Å²) in [4.78, 5) is 13.6. The Morgan fingerprint density at radius 3 is 3.05 bits per heavy atom. The Morgan fingerprint density at radius 1 is 1.53 bits per heavy atom. The van der Waals surface area contributed by atoms with E-state index in [9.17, 15) is 4.79 Å². The van der Waals surface area contributed by atoms with Crippen LogP contribution in [0.3, 0.4) is 0 Å². The number of rotatable bonds is 3. The van der Waals surface area contributed by atoms with Crippen LogP contribution < -0.4 is 11.1 Å². The molecule has 0 aromatic carbocycles. The van der Waals surface area contributed by atoms with E-state index in [0.717, 1.165) is 16.0 Å². The van der Waals surface area contributed by atoms with Crippen LogP contribution in [0, 0.1) is 18.8 Å². The van der Waals surface area contributed by atoms with Gasteiger partial charge in [0.1, 0.15) is 0 Å². The minimum absolute atomic E-state index is 0.0555. The van der Waals surface area contributed by atoms with Gasteiger partial charge in [-0.1, -0.05) is 11.8 Å². The lowest BCUT2D eigenvalue weighted by molar-refractivity contribution is 0.0955. The van der Waals surface area contributed by atoms with Crippen molar-refractivity contribution in [2.24, 2.45) is 5.73 Å². The molecule has 0 radical (unpaired) electrons. The van der Waals surface area contributed by atoms with E-state index < -0.39 is 0 Å². The van der Waals surface area contributed by atoms with Crippen molar-refractivity contribution >= 4 is 28.6 Å². The van der Waals surface area contributed by atoms with Crippen LogP contribution in [0.5, 0.6) is 0 Å². The van der Waals surface area contributed by atoms with Crippen molar-refractivity contribution in [1.82, 2.24) is 5.32 Å². The topological polar surface area (TPSA) is 55.1 Å². The van der Waals surface area contributed by atoms with Gasteiger partial charge in [0, 0.05) is 6.54 Å². The highest BCUT2D eigenvalue weighted by Gasteiger charge is 2.11. The summed E-state index contributed by atoms with van der Waals surface area (Å²) in [6.07, 6.45) is 0. The maximum atomic E-state index is 12.0. The van der Waals surface area contributed by atoms with Crippen molar-refractivity contribution in [3.63, 3.8) is 0 Å². The lowest BCUT2D eigenvalue weighted by Gasteiger charge is -2.00. The van der Waals surface area contributed by atoms with E-state index in [-0.39, 0.29) is 5.91 Å². The van der Waals surface area contributed by atoms with Crippen molar-refractivity contribution in [3.8, 4) is 11.8 Å². The zero-order valence-electron chi connectivity index (χ0n) is 10.5. The first-order valence-corrected chi connectivity index (χ1v) is 7.55. The van der Waals surface area contributed by atoms with Crippen molar-refractivity contribution < 1.29 is 4.79 Å². The minimum Gasteiger partial charge on any atom is -0.347 e. The van der Waals surface area contributed by atoms with Crippen LogP contribution >= 0.6 is 22.7 Å². The molecule has 3 N–H and O–H groups in total. The smallest absolute Gasteiger partial charge is 0.261 e. The lowest BCUT2D eigenvalue weighted by Crippen LogP contribution is -2.21. The molecular formula is C14H14N2OS2. The van der Waals surface area contributed by atoms with Gasteiger partial charge in [-0.05, 0) is 40.9 Å². The highest BCUT2D eigenvalue weighted by atomic mass is 32.1. The third kappa shape index (κ3) is 3.67. The number of hydrogen-bond donors (Lipinski definition) is 2. The number of hydrogen-bond acceptors (Lipinski definition) is 4. The Labute approximate surface area is 120 Å². The fourth-order valence-corrected chi connectivity index (χ4v) is 3.14. The first-order chi connectivity index (χ1) is 9.20. The largest absolute Gasteiger partial charge is 0.347 e. The first-order valence-electron chi connectivity index (χ1n) is 5.79. The Balaban J connectivity index is 2.03. The second-order valence-electron chi connectivity index (χ2n) is 3.94. The molecule has 2 heterocycles. The summed E-state index contributed by atoms with van der Waals surface area (Å²) in [5, 5.41) is 6.93. The third-order valence-electron chi connectivity index (χ3n) is 2.48. The first kappa shape index (κ1) is 13.8. The molecule has 0 aliphatic rings. The zero-order valence-corrected chi connectivity index (χ0v) is 12.2. The van der Waals surface area contributed by atoms with Crippen molar-refractivity contribution in [2.75, 3.05) is 6.54 Å². The monoisotopic (exact) mass is 290 g/mol. The Bertz CT molecular complexity index is 618. The molecule has 0 atom stereocenters. The molecule has 98 valence electrons. The number of carbonyl (C=O) groups excluding carboxylic acids is 1. The number of carbonyl (C=O) groups is 1. The number of amides is 1. The van der Waals surface area contributed by atoms with Crippen LogP contribution in [0.4, 0.5) is 0 Å². The Morgan fingerprint density at radius 2 is 2.37 bits per heavy atom. The van der Waals surface area contributed by atoms with Gasteiger partial charge in [-0.25, -0.2) is 0 Å². The fraction of sp³-hybridized carbons (Fsp3) is 0.214. The summed E-state index contributed by atoms with van der Waals surface area (Å²) in [5.41, 5.74) is 7.49. The summed E-state index contributed by atoms with van der Waals surface area (Å²) in [6, 6.07) is 3.87. The predicted octanol–water partition coefficient (Wildman–Crippen LogP) is 2.36. The van der Waals surface area contributed by atoms with Gasteiger partial charge in [0.25, 0.3) is 5.91 Å². The van der Waals surface area contributed by atoms with Crippen molar-refractivity contribution in [1.29, 1.82) is 0 Å². The van der Waals surface area contributed by atoms with E-state index in [1.807, 2.05) is 29.8 Å². The summed E-state index contributed by atoms with van der Waals surface area (Å²) in [5.74, 6) is 5.74. The number of thiophene rings is 2. The maximum Gasteiger partial charge on any atom is 0.261 e. The van der Waals surface area contributed by atoms with Crippen LogP contribution in [0.25, 0.3) is 0 Å². The fourth-order valence-electron chi connectivity index (χ4n) is 1.51. The molecule has 0 bridgehead atoms. The SMILES string of the molecule is Cc1cc(C(=O)NCc2ccsc2)sc1C#CCN. The molecule has 0 saturated heterocycles. The molecule has 1 amide bonds. The zero-order chi connectivity index (χ0) is 13.7. The number of nitrogens with two attached hydrogens (primary N) is 1. The normalized spacial score (nSPS) is 9.79. The van der Waals surface area contributed by atoms with Gasteiger partial charge in [0.15, 0.2) is 0 Å². The van der Waals surface area contributed by atoms with Gasteiger partial charge in [0.2, 0.25) is 0 Å². The van der Waals surface area contributed by atoms with E-state index in [0.29, 0.717) is 18.0 Å². The highest BCUT2D eigenvalue weighted by Crippen LogP contribution is 2.21. The van der Waals surface area contributed by atoms with E-state index in [4.69, 9.17) is 5.73 Å². The van der Waals surface area contributed by atoms with E-state index >= 15 is 0 Å². The average Bonchev–Trinajstić information content (AvgIpc) is 3.03. The van der Waals surface area contributed by atoms with Gasteiger partial charge in [0.05, 0.1) is 16.3 Å². The van der Waals surface area contributed by atoms with Crippen LogP contribution in [0.15, 0.2) is 22.9 Å². The predicted molar refractivity (Wildman–Crippen MR) is 80.5 cm³/mol. The molecule has 19 heavy (non-hydrogen) atoms. The number of aryl methyl sites for hydroxylation is 1. The quantitative estimate of drug-likeness (QED) is 0.853. The van der Waals surface area contributed by atoms with Gasteiger partial charge in [-0.3, -0.25) is 4.79 Å². The molecule has 0 fully saturated rings. The van der Waals surface area contributed by atoms with Crippen LogP contribution in [-0.4, -0.2) is 12.5 Å². The second kappa shape index (κ2) is 6.53. The standard InChI is InChI=1S/C14H14N2OS2/c1-10-7-13(19-12(10)3-2-5-15)14(17)16-8-11-4-6-18-9-11/h4,6-7,9H,5,8,15H2,1H3,(H,16,17). The molecule has 0 spiro atoms. The van der Waals surface area contributed by atoms with E-state index in [1.165, 1.54) is 11.3 Å². The summed E-state index contributed by atoms with van der Waals surface area (Å²) in [7, 11) is 0. The van der Waals surface area contributed by atoms with Gasteiger partial charge in [-0.2, -0.15) is 11.3 Å². The summed E-state index contributed by atoms with van der Waals surface area (Å²) in [6.45, 7) is 2.84. The van der Waals surface area contributed by atoms with Crippen LogP contribution in [0.1, 0.15) is 25.7 Å². The molecular weight excluding hydrogens is 276 g/mol. The minimum atomic E-state index is -0.0555. The molecule has 3 nitrogen and oxygen atoms in total. The average molecular weight is 290 g/mol. The Kier molecular flexibility index (Phi) is 4.74. The maximum absolute atomic E-state index is 12.0. The van der Waals surface area contributed by atoms with Crippen LogP contribution in [0.2, 0.25) is 0 Å². The van der Waals surface area contributed by atoms with Gasteiger partial charge < -0.3 is 11.1 Å². The molecule has 5 heteroatoms. The van der Waals surface area contributed by atoms with Gasteiger partial charge >= 0.3 is 0 Å². The van der Waals surface area contributed by atoms with Gasteiger partial charge in [-0.15, -0.1) is 11.3 Å². The number of nitrogens with one attached hydrogen (secondary N) is 1. The summed E-state index contributed by atoms with van der Waals surface area (Å²) >= 11 is 3.03. The van der Waals surface area contributed by atoms with Crippen molar-refractivity contribution in [3.05, 3.63) is 43.8 Å². The highest BCUT2D eigenvalue weighted by molar-refractivity contribution is 7.14. The van der Waals surface area contributed by atoms with Crippen LogP contribution in [-0.2, 0) is 6.54 Å². The molecule has 0 saturated carbocycles. The molecule has 2 aromatic rings. The second-order valence-corrected chi connectivity index (χ2v) is 5.78. The molecule has 0 unspecified atom stereocenters. The third-order valence-corrected chi connectivity index (χ3v) is 4.36. The summed E-state index contributed by atoms with van der Waals surface area (Å²) < 4.78 is 0. The van der Waals surface area contributed by atoms with E-state index in [1.54, 1.807) is 11.3 Å². The molecule has 2 aromatic heterocycles. The molecule has 2 rings (SSSR count). The molecule has 0 aliphatic carbocycles. The lowest BCUT2D eigenvalue weighted by atomic mass is 10.2.